The minimum Gasteiger partial charge on any atom is -0.482 e. The molecular weight excluding hydrogens is 461 g/mol. The van der Waals surface area contributed by atoms with Crippen LogP contribution in [0.25, 0.3) is 11.1 Å². The number of carbonyl (C=O) groups excluding carboxylic acids is 2. The lowest BCUT2D eigenvalue weighted by Gasteiger charge is -2.34. The monoisotopic (exact) mass is 491 g/mol. The van der Waals surface area contributed by atoms with E-state index < -0.39 is 11.4 Å². The van der Waals surface area contributed by atoms with Gasteiger partial charge in [0.2, 0.25) is 0 Å². The van der Waals surface area contributed by atoms with Crippen LogP contribution >= 0.6 is 0 Å². The molecule has 1 N–H and O–H groups in total. The fourth-order valence-electron chi connectivity index (χ4n) is 4.96. The highest BCUT2D eigenvalue weighted by atomic mass is 19.1. The van der Waals surface area contributed by atoms with Crippen molar-refractivity contribution in [2.24, 2.45) is 0 Å². The lowest BCUT2D eigenvalue weighted by molar-refractivity contribution is -0.111. The summed E-state index contributed by atoms with van der Waals surface area (Å²) in [6.45, 7) is 9.89. The largest absolute Gasteiger partial charge is 0.482 e. The van der Waals surface area contributed by atoms with E-state index in [1.54, 1.807) is 11.0 Å². The summed E-state index contributed by atoms with van der Waals surface area (Å²) < 4.78 is 25.0. The Morgan fingerprint density at radius 1 is 1.11 bits per heavy atom. The number of rotatable bonds is 4. The number of allylic oxidation sites excluding steroid dienone is 1. The van der Waals surface area contributed by atoms with Crippen LogP contribution in [-0.4, -0.2) is 60.2 Å². The minimum absolute atomic E-state index is 0.240. The average Bonchev–Trinajstić information content (AvgIpc) is 3.34. The summed E-state index contributed by atoms with van der Waals surface area (Å²) in [5.74, 6) is -0.205. The molecule has 1 fully saturated rings. The van der Waals surface area contributed by atoms with Gasteiger partial charge in [0.1, 0.15) is 17.2 Å². The van der Waals surface area contributed by atoms with E-state index in [9.17, 15) is 14.0 Å². The van der Waals surface area contributed by atoms with Gasteiger partial charge in [-0.05, 0) is 56.2 Å². The van der Waals surface area contributed by atoms with E-state index >= 15 is 0 Å². The number of amides is 2. The predicted octanol–water partition coefficient (Wildman–Crippen LogP) is 4.66. The van der Waals surface area contributed by atoms with Crippen molar-refractivity contribution in [2.45, 2.75) is 32.9 Å². The van der Waals surface area contributed by atoms with Gasteiger partial charge in [-0.15, -0.1) is 0 Å². The van der Waals surface area contributed by atoms with E-state index in [1.807, 2.05) is 26.8 Å². The molecule has 0 atom stereocenters. The van der Waals surface area contributed by atoms with Gasteiger partial charge in [0, 0.05) is 43.9 Å². The molecule has 0 unspecified atom stereocenters. The van der Waals surface area contributed by atoms with Crippen LogP contribution in [0.2, 0.25) is 0 Å². The number of piperazine rings is 1. The third kappa shape index (κ3) is 4.60. The van der Waals surface area contributed by atoms with E-state index in [2.05, 4.69) is 34.5 Å². The van der Waals surface area contributed by atoms with Gasteiger partial charge in [0.05, 0.1) is 17.9 Å². The third-order valence-corrected chi connectivity index (χ3v) is 6.83. The summed E-state index contributed by atoms with van der Waals surface area (Å²) in [5.41, 5.74) is 4.07. The smallest absolute Gasteiger partial charge is 0.409 e. The van der Waals surface area contributed by atoms with Crippen LogP contribution in [0.3, 0.4) is 0 Å². The standard InChI is InChI=1S/C28H30FN3O4/c1-4-35-27(34)32-13-11-31(12-14-32)17-18-5-7-19(8-6-18)22-16-24(36-28(22,2)3)25-21-10-9-20(29)15-23(21)30-26(25)33/h5-10,15-16H,4,11-14,17H2,1-3H3,(H,30,33). The van der Waals surface area contributed by atoms with E-state index in [0.29, 0.717) is 42.3 Å². The van der Waals surface area contributed by atoms with Crippen LogP contribution in [0.5, 0.6) is 0 Å². The maximum atomic E-state index is 13.6. The summed E-state index contributed by atoms with van der Waals surface area (Å²) >= 11 is 0. The van der Waals surface area contributed by atoms with Gasteiger partial charge in [-0.25, -0.2) is 9.18 Å². The fourth-order valence-corrected chi connectivity index (χ4v) is 4.96. The van der Waals surface area contributed by atoms with Crippen molar-refractivity contribution in [3.05, 3.63) is 76.8 Å². The lowest BCUT2D eigenvalue weighted by atomic mass is 9.91. The number of nitrogens with zero attached hydrogens (tertiary/aromatic N) is 2. The molecule has 5 rings (SSSR count). The molecule has 3 heterocycles. The molecular formula is C28H30FN3O4. The second kappa shape index (κ2) is 9.43. The molecule has 7 nitrogen and oxygen atoms in total. The number of ether oxygens (including phenoxy) is 2. The van der Waals surface area contributed by atoms with Crippen LogP contribution < -0.4 is 5.32 Å². The van der Waals surface area contributed by atoms with Gasteiger partial charge in [-0.2, -0.15) is 0 Å². The second-order valence-corrected chi connectivity index (χ2v) is 9.71. The molecule has 3 aliphatic rings. The molecule has 36 heavy (non-hydrogen) atoms. The molecule has 188 valence electrons. The molecule has 2 aromatic rings. The zero-order chi connectivity index (χ0) is 25.4. The molecule has 0 aliphatic carbocycles. The normalized spacial score (nSPS) is 21.1. The van der Waals surface area contributed by atoms with Gasteiger partial charge >= 0.3 is 6.09 Å². The first-order valence-electron chi connectivity index (χ1n) is 12.3. The number of fused-ring (bicyclic) bond motifs is 1. The first-order chi connectivity index (χ1) is 17.2. The fraction of sp³-hybridized carbons (Fsp3) is 0.357. The number of halogens is 1. The van der Waals surface area contributed by atoms with Crippen LogP contribution in [0.15, 0.2) is 54.3 Å². The van der Waals surface area contributed by atoms with Crippen molar-refractivity contribution in [2.75, 3.05) is 38.1 Å². The Bertz CT molecular complexity index is 1260. The van der Waals surface area contributed by atoms with Crippen molar-refractivity contribution >= 4 is 28.8 Å². The third-order valence-electron chi connectivity index (χ3n) is 6.83. The maximum absolute atomic E-state index is 13.6. The molecule has 0 saturated carbocycles. The Hall–Kier alpha value is -3.65. The van der Waals surface area contributed by atoms with E-state index in [4.69, 9.17) is 9.47 Å². The Kier molecular flexibility index (Phi) is 6.30. The van der Waals surface area contributed by atoms with Crippen molar-refractivity contribution < 1.29 is 23.5 Å². The maximum Gasteiger partial charge on any atom is 0.409 e. The highest BCUT2D eigenvalue weighted by Gasteiger charge is 2.38. The van der Waals surface area contributed by atoms with Gasteiger partial charge in [-0.3, -0.25) is 9.69 Å². The van der Waals surface area contributed by atoms with Crippen molar-refractivity contribution in [3.63, 3.8) is 0 Å². The SMILES string of the molecule is CCOC(=O)N1CCN(Cc2ccc(C3=CC(=C4C(=O)Nc5cc(F)ccc54)OC3(C)C)cc2)CC1. The van der Waals surface area contributed by atoms with Crippen molar-refractivity contribution in [1.29, 1.82) is 0 Å². The first kappa shape index (κ1) is 24.1. The Labute approximate surface area is 210 Å². The molecule has 0 bridgehead atoms. The number of hydrogen-bond donors (Lipinski definition) is 1. The summed E-state index contributed by atoms with van der Waals surface area (Å²) in [4.78, 5) is 28.7. The van der Waals surface area contributed by atoms with E-state index in [-0.39, 0.29) is 12.0 Å². The molecule has 8 heteroatoms. The van der Waals surface area contributed by atoms with Crippen LogP contribution in [-0.2, 0) is 20.8 Å². The highest BCUT2D eigenvalue weighted by molar-refractivity contribution is 6.32. The van der Waals surface area contributed by atoms with Crippen LogP contribution in [0.4, 0.5) is 14.9 Å². The summed E-state index contributed by atoms with van der Waals surface area (Å²) in [6, 6.07) is 12.6. The van der Waals surface area contributed by atoms with Crippen LogP contribution in [0, 0.1) is 5.82 Å². The molecule has 0 aromatic heterocycles. The number of carbonyl (C=O) groups is 2. The average molecular weight is 492 g/mol. The Balaban J connectivity index is 1.31. The molecule has 1 saturated heterocycles. The Morgan fingerprint density at radius 2 is 1.83 bits per heavy atom. The van der Waals surface area contributed by atoms with Gasteiger partial charge in [0.15, 0.2) is 0 Å². The van der Waals surface area contributed by atoms with E-state index in [1.165, 1.54) is 17.7 Å². The lowest BCUT2D eigenvalue weighted by Crippen LogP contribution is -2.48. The summed E-state index contributed by atoms with van der Waals surface area (Å²) in [5, 5.41) is 2.73. The van der Waals surface area contributed by atoms with Crippen LogP contribution in [0.1, 0.15) is 37.5 Å². The second-order valence-electron chi connectivity index (χ2n) is 9.71. The predicted molar refractivity (Wildman–Crippen MR) is 135 cm³/mol. The number of nitrogens with one attached hydrogen (secondary N) is 1. The topological polar surface area (TPSA) is 71.1 Å². The molecule has 3 aliphatic heterocycles. The van der Waals surface area contributed by atoms with Gasteiger partial charge in [-0.1, -0.05) is 24.3 Å². The molecule has 0 spiro atoms. The minimum atomic E-state index is -0.629. The number of anilines is 1. The molecule has 2 amide bonds. The Morgan fingerprint density at radius 3 is 2.53 bits per heavy atom. The van der Waals surface area contributed by atoms with Crippen molar-refractivity contribution in [1.82, 2.24) is 9.80 Å². The molecule has 2 aromatic carbocycles. The first-order valence-corrected chi connectivity index (χ1v) is 12.3. The van der Waals surface area contributed by atoms with Crippen molar-refractivity contribution in [3.8, 4) is 0 Å². The quantitative estimate of drug-likeness (QED) is 0.631. The van der Waals surface area contributed by atoms with Gasteiger partial charge < -0.3 is 19.7 Å². The highest BCUT2D eigenvalue weighted by Crippen LogP contribution is 2.44. The summed E-state index contributed by atoms with van der Waals surface area (Å²) in [7, 11) is 0. The van der Waals surface area contributed by atoms with Gasteiger partial charge in [0.25, 0.3) is 5.91 Å². The van der Waals surface area contributed by atoms with E-state index in [0.717, 1.165) is 30.8 Å². The summed E-state index contributed by atoms with van der Waals surface area (Å²) in [6.07, 6.45) is 1.67. The number of benzene rings is 2. The zero-order valence-electron chi connectivity index (χ0n) is 20.8. The molecule has 0 radical (unpaired) electrons. The zero-order valence-corrected chi connectivity index (χ0v) is 20.8. The number of hydrogen-bond acceptors (Lipinski definition) is 5.